The molecule has 5 aromatic rings. The van der Waals surface area contributed by atoms with Crippen molar-refractivity contribution in [3.8, 4) is 0 Å². The van der Waals surface area contributed by atoms with Gasteiger partial charge >= 0.3 is 0 Å². The second kappa shape index (κ2) is 7.83. The van der Waals surface area contributed by atoms with Gasteiger partial charge in [0.2, 0.25) is 0 Å². The summed E-state index contributed by atoms with van der Waals surface area (Å²) < 4.78 is 13.2. The number of fused-ring (bicyclic) bond motifs is 13. The molecule has 0 spiro atoms. The highest BCUT2D eigenvalue weighted by molar-refractivity contribution is 6.27. The van der Waals surface area contributed by atoms with E-state index in [1.807, 2.05) is 0 Å². The molecule has 220 valence electrons. The van der Waals surface area contributed by atoms with E-state index >= 15 is 0 Å². The van der Waals surface area contributed by atoms with Crippen molar-refractivity contribution in [1.29, 1.82) is 0 Å². The molecule has 1 aliphatic carbocycles. The third kappa shape index (κ3) is 2.63. The first-order chi connectivity index (χ1) is 19.7. The van der Waals surface area contributed by atoms with E-state index in [-0.39, 0.29) is 0 Å². The normalized spacial score (nSPS) is 28.6. The molecule has 4 heterocycles. The molecule has 1 fully saturated rings. The molecule has 1 saturated heterocycles. The van der Waals surface area contributed by atoms with Gasteiger partial charge in [-0.05, 0) is 150 Å². The highest BCUT2D eigenvalue weighted by atomic mass is 16.6. The number of nitrogens with zero attached hydrogens (tertiary/aromatic N) is 2. The molecule has 8 rings (SSSR count). The Labute approximate surface area is 251 Å². The van der Waals surface area contributed by atoms with Crippen LogP contribution in [0.2, 0.25) is 0 Å². The fourth-order valence-electron chi connectivity index (χ4n) is 10.0. The first-order valence-electron chi connectivity index (χ1n) is 16.4. The third-order valence-electron chi connectivity index (χ3n) is 13.5. The summed E-state index contributed by atoms with van der Waals surface area (Å²) >= 11 is 0. The van der Waals surface area contributed by atoms with Crippen molar-refractivity contribution in [3.63, 3.8) is 0 Å². The van der Waals surface area contributed by atoms with Gasteiger partial charge in [-0.3, -0.25) is 0 Å². The van der Waals surface area contributed by atoms with E-state index in [0.29, 0.717) is 17.8 Å². The zero-order valence-corrected chi connectivity index (χ0v) is 28.2. The molecule has 0 N–H and O–H groups in total. The summed E-state index contributed by atoms with van der Waals surface area (Å²) in [5.41, 5.74) is 19.4. The lowest BCUT2D eigenvalue weighted by molar-refractivity contribution is -0.290. The van der Waals surface area contributed by atoms with Crippen LogP contribution in [0.1, 0.15) is 109 Å². The zero-order valence-electron chi connectivity index (χ0n) is 28.2. The highest BCUT2D eigenvalue weighted by Crippen LogP contribution is 2.60. The lowest BCUT2D eigenvalue weighted by atomic mass is 9.79. The van der Waals surface area contributed by atoms with Gasteiger partial charge in [-0.1, -0.05) is 20.8 Å². The van der Waals surface area contributed by atoms with Gasteiger partial charge < -0.3 is 13.9 Å². The Balaban J connectivity index is 1.85. The molecule has 3 heteroatoms. The first kappa shape index (κ1) is 26.8. The Morgan fingerprint density at radius 1 is 0.548 bits per heavy atom. The van der Waals surface area contributed by atoms with Crippen molar-refractivity contribution >= 4 is 43.6 Å². The second-order valence-corrected chi connectivity index (χ2v) is 15.1. The molecule has 2 bridgehead atoms. The average Bonchev–Trinajstić information content (AvgIpc) is 3.60. The van der Waals surface area contributed by atoms with Crippen molar-refractivity contribution in [2.75, 3.05) is 0 Å². The summed E-state index contributed by atoms with van der Waals surface area (Å²) in [6, 6.07) is 0. The molecule has 5 unspecified atom stereocenters. The van der Waals surface area contributed by atoms with Crippen LogP contribution in [0.3, 0.4) is 0 Å². The minimum Gasteiger partial charge on any atom is -0.329 e. The van der Waals surface area contributed by atoms with E-state index in [9.17, 15) is 0 Å². The molecule has 3 aliphatic rings. The first-order valence-corrected chi connectivity index (χ1v) is 16.4. The predicted molar refractivity (Wildman–Crippen MR) is 178 cm³/mol. The van der Waals surface area contributed by atoms with Crippen LogP contribution in [0.25, 0.3) is 43.6 Å². The molecular formula is C39H48N2O. The van der Waals surface area contributed by atoms with Crippen LogP contribution in [0, 0.1) is 67.2 Å². The summed E-state index contributed by atoms with van der Waals surface area (Å²) in [6.45, 7) is 31.0. The van der Waals surface area contributed by atoms with Crippen LogP contribution in [-0.4, -0.2) is 9.13 Å². The van der Waals surface area contributed by atoms with Crippen LogP contribution in [0.15, 0.2) is 0 Å². The average molecular weight is 561 g/mol. The second-order valence-electron chi connectivity index (χ2n) is 15.1. The minimum atomic E-state index is -0.461. The molecule has 0 amide bonds. The standard InChI is InChI=1S/C39H48N2O/c1-17-14-15-28-29(17)33-31-25(9)21(5)23(7)27(11)35(31)41-37(33)36-32(28)30-24(8)20(4)22(6)26(10)34(30)40(36)38(12)18(2)16-19(3)39(41,13)42-38/h17-19H,14-16H2,1-13H3. The summed E-state index contributed by atoms with van der Waals surface area (Å²) in [5, 5.41) is 6.01. The fourth-order valence-corrected chi connectivity index (χ4v) is 10.0. The number of hydrogen-bond acceptors (Lipinski definition) is 1. The highest BCUT2D eigenvalue weighted by Gasteiger charge is 2.55. The van der Waals surface area contributed by atoms with E-state index in [1.54, 1.807) is 11.1 Å². The molecule has 3 aromatic carbocycles. The fraction of sp³-hybridized carbons (Fsp3) is 0.538. The monoisotopic (exact) mass is 560 g/mol. The number of hydrogen-bond donors (Lipinski definition) is 0. The van der Waals surface area contributed by atoms with Gasteiger partial charge in [0.15, 0.2) is 0 Å². The van der Waals surface area contributed by atoms with Gasteiger partial charge in [0, 0.05) is 33.4 Å². The van der Waals surface area contributed by atoms with Crippen LogP contribution in [0.5, 0.6) is 0 Å². The third-order valence-corrected chi connectivity index (χ3v) is 13.5. The lowest BCUT2D eigenvalue weighted by Gasteiger charge is -2.52. The maximum Gasteiger partial charge on any atom is 0.148 e. The van der Waals surface area contributed by atoms with Crippen molar-refractivity contribution < 1.29 is 4.74 Å². The minimum absolute atomic E-state index is 0.379. The molecular weight excluding hydrogens is 512 g/mol. The Hall–Kier alpha value is -2.78. The zero-order chi connectivity index (χ0) is 30.1. The van der Waals surface area contributed by atoms with Crippen molar-refractivity contribution in [1.82, 2.24) is 9.13 Å². The number of aryl methyl sites for hydroxylation is 5. The molecule has 42 heavy (non-hydrogen) atoms. The van der Waals surface area contributed by atoms with E-state index < -0.39 is 11.4 Å². The van der Waals surface area contributed by atoms with Gasteiger partial charge in [-0.15, -0.1) is 0 Å². The topological polar surface area (TPSA) is 19.1 Å². The smallest absolute Gasteiger partial charge is 0.148 e. The molecule has 0 saturated carbocycles. The summed E-state index contributed by atoms with van der Waals surface area (Å²) in [6.07, 6.45) is 3.52. The van der Waals surface area contributed by atoms with E-state index in [2.05, 4.69) is 99.1 Å². The van der Waals surface area contributed by atoms with Gasteiger partial charge in [0.05, 0.1) is 22.1 Å². The number of benzene rings is 3. The molecule has 2 aliphatic heterocycles. The van der Waals surface area contributed by atoms with Crippen LogP contribution < -0.4 is 0 Å². The van der Waals surface area contributed by atoms with Gasteiger partial charge in [-0.25, -0.2) is 0 Å². The SMILES string of the molecule is Cc1c(C)c(C)c2c(c1C)c1c3c(c4c5c(C)c(C)c(C)c(C)c5n5c4c1n2C1(C)OC5(C)C(C)CC1C)C(C)CC3. The Bertz CT molecular complexity index is 2100. The van der Waals surface area contributed by atoms with E-state index in [4.69, 9.17) is 4.74 Å². The Morgan fingerprint density at radius 2 is 0.976 bits per heavy atom. The van der Waals surface area contributed by atoms with Gasteiger partial charge in [0.25, 0.3) is 0 Å². The number of aromatic nitrogens is 2. The quantitative estimate of drug-likeness (QED) is 0.184. The number of rotatable bonds is 0. The van der Waals surface area contributed by atoms with E-state index in [0.717, 1.165) is 12.8 Å². The predicted octanol–water partition coefficient (Wildman–Crippen LogP) is 10.5. The summed E-state index contributed by atoms with van der Waals surface area (Å²) in [7, 11) is 0. The lowest BCUT2D eigenvalue weighted by Crippen LogP contribution is -2.55. The maximum atomic E-state index is 7.76. The summed E-state index contributed by atoms with van der Waals surface area (Å²) in [5.74, 6) is 1.30. The molecule has 2 aromatic heterocycles. The largest absolute Gasteiger partial charge is 0.329 e. The number of ether oxygens (including phenoxy) is 1. The summed E-state index contributed by atoms with van der Waals surface area (Å²) in [4.78, 5) is 0. The van der Waals surface area contributed by atoms with Crippen LogP contribution >= 0.6 is 0 Å². The Morgan fingerprint density at radius 3 is 1.48 bits per heavy atom. The van der Waals surface area contributed by atoms with Crippen molar-refractivity contribution in [2.24, 2.45) is 11.8 Å². The van der Waals surface area contributed by atoms with Gasteiger partial charge in [0.1, 0.15) is 11.4 Å². The van der Waals surface area contributed by atoms with Crippen molar-refractivity contribution in [2.45, 2.75) is 127 Å². The molecule has 0 radical (unpaired) electrons. The van der Waals surface area contributed by atoms with Gasteiger partial charge in [-0.2, -0.15) is 0 Å². The van der Waals surface area contributed by atoms with Crippen molar-refractivity contribution in [3.05, 3.63) is 55.6 Å². The van der Waals surface area contributed by atoms with Crippen LogP contribution in [-0.2, 0) is 22.6 Å². The van der Waals surface area contributed by atoms with E-state index in [1.165, 1.54) is 94.5 Å². The molecule has 5 atom stereocenters. The maximum absolute atomic E-state index is 7.76. The molecule has 3 nitrogen and oxygen atoms in total. The van der Waals surface area contributed by atoms with Crippen LogP contribution in [0.4, 0.5) is 0 Å². The Kier molecular flexibility index (Phi) is 5.00.